The highest BCUT2D eigenvalue weighted by Crippen LogP contribution is 2.42. The van der Waals surface area contributed by atoms with Crippen molar-refractivity contribution in [2.45, 2.75) is 57.4 Å². The topological polar surface area (TPSA) is 74.7 Å². The summed E-state index contributed by atoms with van der Waals surface area (Å²) in [5.74, 6) is 1.75. The van der Waals surface area contributed by atoms with E-state index in [4.69, 9.17) is 4.99 Å². The average Bonchev–Trinajstić information content (AvgIpc) is 3.24. The first-order valence-corrected chi connectivity index (χ1v) is 10.1. The number of nitrogens with zero attached hydrogens (tertiary/aromatic N) is 3. The predicted molar refractivity (Wildman–Crippen MR) is 97.6 cm³/mol. The summed E-state index contributed by atoms with van der Waals surface area (Å²) in [6, 6.07) is 0. The number of hydrogen-bond donors (Lipinski definition) is 1. The van der Waals surface area contributed by atoms with Crippen molar-refractivity contribution in [1.29, 1.82) is 0 Å². The lowest BCUT2D eigenvalue weighted by Gasteiger charge is -2.33. The number of amides is 2. The summed E-state index contributed by atoms with van der Waals surface area (Å²) in [7, 11) is 0. The molecule has 0 bridgehead atoms. The van der Waals surface area contributed by atoms with Gasteiger partial charge < -0.3 is 5.32 Å². The van der Waals surface area contributed by atoms with E-state index in [0.717, 1.165) is 18.8 Å². The van der Waals surface area contributed by atoms with Gasteiger partial charge in [0.25, 0.3) is 5.91 Å². The second-order valence-electron chi connectivity index (χ2n) is 7.37. The molecule has 1 spiro atoms. The summed E-state index contributed by atoms with van der Waals surface area (Å²) < 4.78 is 0. The van der Waals surface area contributed by atoms with E-state index >= 15 is 0 Å². The summed E-state index contributed by atoms with van der Waals surface area (Å²) >= 11 is 1.42. The first-order valence-electron chi connectivity index (χ1n) is 9.22. The monoisotopic (exact) mass is 360 g/mol. The van der Waals surface area contributed by atoms with Crippen LogP contribution in [0.1, 0.15) is 51.9 Å². The predicted octanol–water partition coefficient (Wildman–Crippen LogP) is 3.07. The van der Waals surface area contributed by atoms with E-state index in [-0.39, 0.29) is 17.7 Å². The third-order valence-corrected chi connectivity index (χ3v) is 6.29. The lowest BCUT2D eigenvalue weighted by molar-refractivity contribution is -0.134. The maximum atomic E-state index is 13.1. The zero-order chi connectivity index (χ0) is 17.4. The summed E-state index contributed by atoms with van der Waals surface area (Å²) in [6.07, 6.45) is 7.71. The smallest absolute Gasteiger partial charge is 0.255 e. The molecule has 0 unspecified atom stereocenters. The van der Waals surface area contributed by atoms with Crippen molar-refractivity contribution >= 4 is 34.1 Å². The minimum Gasteiger partial charge on any atom is -0.302 e. The van der Waals surface area contributed by atoms with Crippen LogP contribution in [0.15, 0.2) is 16.6 Å². The van der Waals surface area contributed by atoms with Gasteiger partial charge in [-0.15, -0.1) is 11.3 Å². The van der Waals surface area contributed by atoms with Crippen LogP contribution in [0, 0.1) is 11.8 Å². The summed E-state index contributed by atoms with van der Waals surface area (Å²) in [6.45, 7) is 2.90. The molecule has 134 valence electrons. The molecule has 2 heterocycles. The molecule has 1 N–H and O–H groups in total. The number of nitrogens with one attached hydrogen (secondary N) is 1. The minimum atomic E-state index is -0.599. The van der Waals surface area contributed by atoms with Crippen molar-refractivity contribution in [2.75, 3.05) is 11.9 Å². The Morgan fingerprint density at radius 1 is 1.36 bits per heavy atom. The van der Waals surface area contributed by atoms with Gasteiger partial charge in [-0.3, -0.25) is 19.5 Å². The van der Waals surface area contributed by atoms with Gasteiger partial charge in [0.15, 0.2) is 5.13 Å². The van der Waals surface area contributed by atoms with Crippen molar-refractivity contribution in [3.8, 4) is 0 Å². The molecule has 6 nitrogen and oxygen atoms in total. The molecule has 4 rings (SSSR count). The van der Waals surface area contributed by atoms with Crippen molar-refractivity contribution in [3.05, 3.63) is 11.6 Å². The number of aromatic nitrogens is 1. The fourth-order valence-corrected chi connectivity index (χ4v) is 4.45. The van der Waals surface area contributed by atoms with Gasteiger partial charge >= 0.3 is 0 Å². The lowest BCUT2D eigenvalue weighted by Crippen LogP contribution is -2.46. The van der Waals surface area contributed by atoms with Crippen LogP contribution < -0.4 is 5.32 Å². The first kappa shape index (κ1) is 16.7. The normalized spacial score (nSPS) is 29.2. The van der Waals surface area contributed by atoms with E-state index in [0.29, 0.717) is 36.7 Å². The van der Waals surface area contributed by atoms with E-state index < -0.39 is 5.54 Å². The quantitative estimate of drug-likeness (QED) is 0.877. The molecule has 0 atom stereocenters. The second kappa shape index (κ2) is 6.52. The van der Waals surface area contributed by atoms with E-state index in [2.05, 4.69) is 17.2 Å². The lowest BCUT2D eigenvalue weighted by atomic mass is 9.76. The van der Waals surface area contributed by atoms with Gasteiger partial charge in [0.2, 0.25) is 5.91 Å². The number of anilines is 1. The Morgan fingerprint density at radius 3 is 2.72 bits per heavy atom. The van der Waals surface area contributed by atoms with E-state index in [1.165, 1.54) is 24.2 Å². The zero-order valence-corrected chi connectivity index (χ0v) is 15.3. The molecule has 1 aliphatic heterocycles. The van der Waals surface area contributed by atoms with Crippen LogP contribution in [-0.2, 0) is 9.59 Å². The van der Waals surface area contributed by atoms with Gasteiger partial charge in [-0.05, 0) is 44.4 Å². The van der Waals surface area contributed by atoms with Crippen LogP contribution in [0.25, 0.3) is 0 Å². The largest absolute Gasteiger partial charge is 0.302 e. The maximum absolute atomic E-state index is 13.1. The molecule has 2 saturated carbocycles. The first-order chi connectivity index (χ1) is 12.1. The SMILES string of the molecule is CCC1=NC2(CCC(C(=O)Nc3nccs3)CC2)C(=O)N1CC1CC1. The summed E-state index contributed by atoms with van der Waals surface area (Å²) in [4.78, 5) is 36.4. The summed E-state index contributed by atoms with van der Waals surface area (Å²) in [5.41, 5.74) is -0.599. The molecule has 0 aromatic carbocycles. The number of hydrogen-bond acceptors (Lipinski definition) is 5. The number of thiazole rings is 1. The van der Waals surface area contributed by atoms with Gasteiger partial charge in [-0.25, -0.2) is 4.98 Å². The van der Waals surface area contributed by atoms with Crippen LogP contribution in [-0.4, -0.2) is 39.6 Å². The average molecular weight is 360 g/mol. The van der Waals surface area contributed by atoms with Crippen molar-refractivity contribution in [1.82, 2.24) is 9.88 Å². The van der Waals surface area contributed by atoms with Crippen LogP contribution in [0.4, 0.5) is 5.13 Å². The number of carbonyl (C=O) groups excluding carboxylic acids is 2. The molecule has 1 aromatic heterocycles. The number of carbonyl (C=O) groups is 2. The molecule has 0 radical (unpaired) electrons. The zero-order valence-electron chi connectivity index (χ0n) is 14.5. The van der Waals surface area contributed by atoms with Gasteiger partial charge in [-0.1, -0.05) is 6.92 Å². The number of amidine groups is 1. The van der Waals surface area contributed by atoms with Gasteiger partial charge in [-0.2, -0.15) is 0 Å². The number of aliphatic imine (C=N–C) groups is 1. The molecule has 2 amide bonds. The van der Waals surface area contributed by atoms with E-state index in [9.17, 15) is 9.59 Å². The van der Waals surface area contributed by atoms with Crippen LogP contribution in [0.3, 0.4) is 0 Å². The van der Waals surface area contributed by atoms with Crippen LogP contribution in [0.5, 0.6) is 0 Å². The molecule has 1 aromatic rings. The van der Waals surface area contributed by atoms with Gasteiger partial charge in [0.1, 0.15) is 11.4 Å². The molecule has 25 heavy (non-hydrogen) atoms. The Labute approximate surface area is 151 Å². The molecule has 2 fully saturated rings. The summed E-state index contributed by atoms with van der Waals surface area (Å²) in [5, 5.41) is 5.37. The molecular formula is C18H24N4O2S. The third-order valence-electron chi connectivity index (χ3n) is 5.60. The Morgan fingerprint density at radius 2 is 2.12 bits per heavy atom. The minimum absolute atomic E-state index is 0.0183. The molecule has 7 heteroatoms. The number of rotatable bonds is 5. The molecule has 3 aliphatic rings. The van der Waals surface area contributed by atoms with E-state index in [1.807, 2.05) is 10.3 Å². The Hall–Kier alpha value is -1.76. The van der Waals surface area contributed by atoms with Crippen LogP contribution >= 0.6 is 11.3 Å². The second-order valence-corrected chi connectivity index (χ2v) is 8.27. The Kier molecular flexibility index (Phi) is 4.35. The Balaban J connectivity index is 1.40. The van der Waals surface area contributed by atoms with Crippen LogP contribution in [0.2, 0.25) is 0 Å². The highest BCUT2D eigenvalue weighted by atomic mass is 32.1. The Bertz CT molecular complexity index is 688. The highest BCUT2D eigenvalue weighted by Gasteiger charge is 2.50. The van der Waals surface area contributed by atoms with Crippen molar-refractivity contribution < 1.29 is 9.59 Å². The molecule has 0 saturated heterocycles. The highest BCUT2D eigenvalue weighted by molar-refractivity contribution is 7.13. The van der Waals surface area contributed by atoms with Crippen molar-refractivity contribution in [2.24, 2.45) is 16.8 Å². The van der Waals surface area contributed by atoms with Crippen molar-refractivity contribution in [3.63, 3.8) is 0 Å². The third kappa shape index (κ3) is 3.21. The fourth-order valence-electron chi connectivity index (χ4n) is 3.92. The fraction of sp³-hybridized carbons (Fsp3) is 0.667. The maximum Gasteiger partial charge on any atom is 0.255 e. The standard InChI is InChI=1S/C18H24N4O2S/c1-2-14-21-18(16(24)22(14)11-12-3-4-12)7-5-13(6-8-18)15(23)20-17-19-9-10-25-17/h9-10,12-13H,2-8,11H2,1H3,(H,19,20,23). The molecular weight excluding hydrogens is 336 g/mol. The van der Waals surface area contributed by atoms with E-state index in [1.54, 1.807) is 6.20 Å². The molecule has 2 aliphatic carbocycles. The van der Waals surface area contributed by atoms with Gasteiger partial charge in [0.05, 0.1) is 0 Å². The van der Waals surface area contributed by atoms with Gasteiger partial charge in [0, 0.05) is 30.5 Å².